The van der Waals surface area contributed by atoms with Crippen LogP contribution in [-0.4, -0.2) is 0 Å². The zero-order chi connectivity index (χ0) is 20.2. The van der Waals surface area contributed by atoms with Gasteiger partial charge in [0.05, 0.1) is 11.4 Å². The van der Waals surface area contributed by atoms with Crippen molar-refractivity contribution in [3.05, 3.63) is 108 Å². The minimum absolute atomic E-state index is 0.848. The third-order valence-electron chi connectivity index (χ3n) is 5.11. The Balaban J connectivity index is 1.50. The molecule has 4 aromatic carbocycles. The van der Waals surface area contributed by atoms with E-state index in [2.05, 4.69) is 104 Å². The van der Waals surface area contributed by atoms with Crippen LogP contribution in [0.5, 0.6) is 0 Å². The van der Waals surface area contributed by atoms with Crippen molar-refractivity contribution in [2.24, 2.45) is 10.2 Å². The monoisotopic (exact) mass is 376 g/mol. The highest BCUT2D eigenvalue weighted by Crippen LogP contribution is 2.29. The fourth-order valence-electron chi connectivity index (χ4n) is 3.35. The predicted octanol–water partition coefficient (Wildman–Crippen LogP) is 8.36. The van der Waals surface area contributed by atoms with Crippen LogP contribution in [0.15, 0.2) is 101 Å². The molecule has 0 amide bonds. The van der Waals surface area contributed by atoms with E-state index in [9.17, 15) is 0 Å². The molecule has 0 fully saturated rings. The quantitative estimate of drug-likeness (QED) is 0.320. The summed E-state index contributed by atoms with van der Waals surface area (Å²) in [5, 5.41) is 8.83. The number of nitrogens with zero attached hydrogens (tertiary/aromatic N) is 2. The first-order chi connectivity index (χ1) is 14.1. The minimum Gasteiger partial charge on any atom is -0.151 e. The Morgan fingerprint density at radius 3 is 1.45 bits per heavy atom. The summed E-state index contributed by atoms with van der Waals surface area (Å²) >= 11 is 0. The van der Waals surface area contributed by atoms with Gasteiger partial charge in [0.1, 0.15) is 0 Å². The lowest BCUT2D eigenvalue weighted by Crippen LogP contribution is -1.83. The first kappa shape index (κ1) is 18.8. The number of benzene rings is 4. The smallest absolute Gasteiger partial charge is 0.0860 e. The van der Waals surface area contributed by atoms with Gasteiger partial charge in [-0.1, -0.05) is 77.9 Å². The second-order valence-corrected chi connectivity index (χ2v) is 7.48. The van der Waals surface area contributed by atoms with Gasteiger partial charge in [-0.25, -0.2) is 0 Å². The normalized spacial score (nSPS) is 11.1. The van der Waals surface area contributed by atoms with Gasteiger partial charge < -0.3 is 0 Å². The van der Waals surface area contributed by atoms with E-state index >= 15 is 0 Å². The van der Waals surface area contributed by atoms with E-state index in [0.29, 0.717) is 0 Å². The highest BCUT2D eigenvalue weighted by atomic mass is 15.1. The van der Waals surface area contributed by atoms with E-state index in [1.165, 1.54) is 38.9 Å². The molecule has 0 aromatic heterocycles. The molecule has 0 N–H and O–H groups in total. The molecular formula is C27H24N2. The second kappa shape index (κ2) is 8.24. The van der Waals surface area contributed by atoms with Gasteiger partial charge in [-0.3, -0.25) is 0 Å². The van der Waals surface area contributed by atoms with Gasteiger partial charge in [-0.05, 0) is 72.9 Å². The van der Waals surface area contributed by atoms with Crippen molar-refractivity contribution in [3.8, 4) is 22.3 Å². The van der Waals surface area contributed by atoms with E-state index in [1.807, 2.05) is 18.2 Å². The van der Waals surface area contributed by atoms with Gasteiger partial charge in [-0.15, -0.1) is 0 Å². The Labute approximate surface area is 172 Å². The zero-order valence-corrected chi connectivity index (χ0v) is 17.1. The summed E-state index contributed by atoms with van der Waals surface area (Å²) in [6.45, 7) is 6.32. The molecule has 29 heavy (non-hydrogen) atoms. The average molecular weight is 377 g/mol. The van der Waals surface area contributed by atoms with E-state index in [-0.39, 0.29) is 0 Å². The maximum Gasteiger partial charge on any atom is 0.0860 e. The first-order valence-corrected chi connectivity index (χ1v) is 9.85. The van der Waals surface area contributed by atoms with Gasteiger partial charge >= 0.3 is 0 Å². The van der Waals surface area contributed by atoms with E-state index in [1.54, 1.807) is 0 Å². The topological polar surface area (TPSA) is 24.7 Å². The molecule has 4 rings (SSSR count). The highest BCUT2D eigenvalue weighted by molar-refractivity contribution is 5.69. The molecule has 0 radical (unpaired) electrons. The molecule has 0 atom stereocenters. The summed E-state index contributed by atoms with van der Waals surface area (Å²) in [6, 6.07) is 31.6. The molecule has 0 bridgehead atoms. The zero-order valence-electron chi connectivity index (χ0n) is 17.1. The summed E-state index contributed by atoms with van der Waals surface area (Å²) in [7, 11) is 0. The van der Waals surface area contributed by atoms with Gasteiger partial charge in [0.15, 0.2) is 0 Å². The van der Waals surface area contributed by atoms with Crippen LogP contribution in [-0.2, 0) is 0 Å². The molecule has 0 aliphatic carbocycles. The Morgan fingerprint density at radius 1 is 0.448 bits per heavy atom. The number of aryl methyl sites for hydroxylation is 3. The molecule has 0 aliphatic heterocycles. The van der Waals surface area contributed by atoms with Crippen molar-refractivity contribution in [1.29, 1.82) is 0 Å². The molecule has 0 saturated heterocycles. The lowest BCUT2D eigenvalue weighted by atomic mass is 9.99. The van der Waals surface area contributed by atoms with Crippen molar-refractivity contribution in [2.45, 2.75) is 20.8 Å². The Morgan fingerprint density at radius 2 is 0.897 bits per heavy atom. The molecule has 0 heterocycles. The van der Waals surface area contributed by atoms with Gasteiger partial charge in [0.2, 0.25) is 0 Å². The molecule has 2 nitrogen and oxygen atoms in total. The minimum atomic E-state index is 0.848. The molecule has 0 spiro atoms. The van der Waals surface area contributed by atoms with Gasteiger partial charge in [-0.2, -0.15) is 10.2 Å². The Kier molecular flexibility index (Phi) is 5.35. The van der Waals surface area contributed by atoms with Crippen LogP contribution in [0, 0.1) is 20.8 Å². The Bertz CT molecular complexity index is 1140. The number of rotatable bonds is 4. The van der Waals surface area contributed by atoms with E-state index in [4.69, 9.17) is 0 Å². The summed E-state index contributed by atoms with van der Waals surface area (Å²) in [5.74, 6) is 0. The summed E-state index contributed by atoms with van der Waals surface area (Å²) in [6.07, 6.45) is 0. The van der Waals surface area contributed by atoms with Crippen molar-refractivity contribution < 1.29 is 0 Å². The molecule has 0 unspecified atom stereocenters. The summed E-state index contributed by atoms with van der Waals surface area (Å²) < 4.78 is 0. The van der Waals surface area contributed by atoms with Gasteiger partial charge in [0.25, 0.3) is 0 Å². The van der Waals surface area contributed by atoms with Crippen molar-refractivity contribution >= 4 is 11.4 Å². The second-order valence-electron chi connectivity index (χ2n) is 7.48. The maximum absolute atomic E-state index is 4.43. The molecular weight excluding hydrogens is 352 g/mol. The molecule has 0 aliphatic rings. The Hall–Kier alpha value is -3.52. The maximum atomic E-state index is 4.43. The van der Waals surface area contributed by atoms with E-state index in [0.717, 1.165) is 11.4 Å². The standard InChI is InChI=1S/C27H24N2/c1-19-4-8-22(9-5-19)23-12-14-25(15-13-23)28-29-26-16-17-27(21(3)18-26)24-10-6-20(2)7-11-24/h4-18H,1-3H3. The van der Waals surface area contributed by atoms with Crippen molar-refractivity contribution in [3.63, 3.8) is 0 Å². The number of azo groups is 1. The highest BCUT2D eigenvalue weighted by Gasteiger charge is 2.03. The predicted molar refractivity (Wildman–Crippen MR) is 122 cm³/mol. The van der Waals surface area contributed by atoms with Crippen LogP contribution in [0.4, 0.5) is 11.4 Å². The van der Waals surface area contributed by atoms with Crippen molar-refractivity contribution in [1.82, 2.24) is 0 Å². The molecule has 142 valence electrons. The van der Waals surface area contributed by atoms with Crippen LogP contribution in [0.1, 0.15) is 16.7 Å². The largest absolute Gasteiger partial charge is 0.151 e. The van der Waals surface area contributed by atoms with Crippen molar-refractivity contribution in [2.75, 3.05) is 0 Å². The lowest BCUT2D eigenvalue weighted by Gasteiger charge is -2.07. The third kappa shape index (κ3) is 4.49. The van der Waals surface area contributed by atoms with Crippen LogP contribution in [0.2, 0.25) is 0 Å². The number of hydrogen-bond acceptors (Lipinski definition) is 2. The van der Waals surface area contributed by atoms with Crippen LogP contribution in [0.3, 0.4) is 0 Å². The first-order valence-electron chi connectivity index (χ1n) is 9.85. The average Bonchev–Trinajstić information content (AvgIpc) is 2.74. The van der Waals surface area contributed by atoms with Crippen LogP contribution >= 0.6 is 0 Å². The van der Waals surface area contributed by atoms with Crippen LogP contribution < -0.4 is 0 Å². The fourth-order valence-corrected chi connectivity index (χ4v) is 3.35. The van der Waals surface area contributed by atoms with E-state index < -0.39 is 0 Å². The fraction of sp³-hybridized carbons (Fsp3) is 0.111. The molecule has 4 aromatic rings. The SMILES string of the molecule is Cc1ccc(-c2ccc(N=Nc3ccc(-c4ccc(C)cc4)c(C)c3)cc2)cc1. The third-order valence-corrected chi connectivity index (χ3v) is 5.11. The number of hydrogen-bond donors (Lipinski definition) is 0. The lowest BCUT2D eigenvalue weighted by molar-refractivity contribution is 1.22. The van der Waals surface area contributed by atoms with Gasteiger partial charge in [0, 0.05) is 0 Å². The summed E-state index contributed by atoms with van der Waals surface area (Å²) in [5.41, 5.74) is 10.3. The van der Waals surface area contributed by atoms with Crippen LogP contribution in [0.25, 0.3) is 22.3 Å². The molecule has 0 saturated carbocycles. The molecule has 2 heteroatoms. The summed E-state index contributed by atoms with van der Waals surface area (Å²) in [4.78, 5) is 0.